The average molecular weight is 338 g/mol. The van der Waals surface area contributed by atoms with E-state index in [9.17, 15) is 13.2 Å². The van der Waals surface area contributed by atoms with Crippen LogP contribution in [-0.2, 0) is 12.6 Å². The number of halogens is 3. The minimum absolute atomic E-state index is 0.317. The van der Waals surface area contributed by atoms with Gasteiger partial charge in [-0.15, -0.1) is 0 Å². The SMILES string of the molecule is FC(F)(F)c1cccc(NC(=S)NCCCc2ccccc2)c1. The van der Waals surface area contributed by atoms with Crippen LogP contribution in [0, 0.1) is 0 Å². The molecule has 2 nitrogen and oxygen atoms in total. The number of alkyl halides is 3. The Balaban J connectivity index is 1.77. The molecule has 0 heterocycles. The molecular weight excluding hydrogens is 321 g/mol. The molecule has 0 bridgehead atoms. The van der Waals surface area contributed by atoms with E-state index in [1.165, 1.54) is 11.6 Å². The summed E-state index contributed by atoms with van der Waals surface area (Å²) in [6.07, 6.45) is -2.56. The second kappa shape index (κ2) is 7.97. The van der Waals surface area contributed by atoms with E-state index in [0.29, 0.717) is 17.3 Å². The summed E-state index contributed by atoms with van der Waals surface area (Å²) < 4.78 is 37.9. The van der Waals surface area contributed by atoms with Gasteiger partial charge in [0.15, 0.2) is 5.11 Å². The molecule has 2 N–H and O–H groups in total. The second-order valence-corrected chi connectivity index (χ2v) is 5.46. The highest BCUT2D eigenvalue weighted by molar-refractivity contribution is 7.80. The van der Waals surface area contributed by atoms with Crippen molar-refractivity contribution < 1.29 is 13.2 Å². The molecule has 2 aromatic rings. The molecule has 0 fully saturated rings. The molecule has 6 heteroatoms. The van der Waals surface area contributed by atoms with Gasteiger partial charge in [-0.05, 0) is 48.8 Å². The van der Waals surface area contributed by atoms with Gasteiger partial charge in [-0.3, -0.25) is 0 Å². The van der Waals surface area contributed by atoms with E-state index < -0.39 is 11.7 Å². The first-order chi connectivity index (χ1) is 10.9. The van der Waals surface area contributed by atoms with Gasteiger partial charge >= 0.3 is 6.18 Å². The second-order valence-electron chi connectivity index (χ2n) is 5.05. The highest BCUT2D eigenvalue weighted by Gasteiger charge is 2.30. The lowest BCUT2D eigenvalue weighted by Crippen LogP contribution is -2.29. The van der Waals surface area contributed by atoms with Gasteiger partial charge in [0.1, 0.15) is 0 Å². The Morgan fingerprint density at radius 3 is 2.43 bits per heavy atom. The molecule has 0 spiro atoms. The Morgan fingerprint density at radius 2 is 1.74 bits per heavy atom. The van der Waals surface area contributed by atoms with Gasteiger partial charge < -0.3 is 10.6 Å². The van der Waals surface area contributed by atoms with Crippen LogP contribution in [0.3, 0.4) is 0 Å². The zero-order valence-corrected chi connectivity index (χ0v) is 13.2. The Morgan fingerprint density at radius 1 is 1.00 bits per heavy atom. The Bertz CT molecular complexity index is 642. The Kier molecular flexibility index (Phi) is 5.98. The summed E-state index contributed by atoms with van der Waals surface area (Å²) in [7, 11) is 0. The fourth-order valence-electron chi connectivity index (χ4n) is 2.09. The van der Waals surface area contributed by atoms with E-state index in [1.807, 2.05) is 18.2 Å². The highest BCUT2D eigenvalue weighted by Crippen LogP contribution is 2.30. The number of hydrogen-bond acceptors (Lipinski definition) is 1. The third-order valence-corrected chi connectivity index (χ3v) is 3.46. The molecule has 0 atom stereocenters. The molecule has 0 saturated carbocycles. The van der Waals surface area contributed by atoms with Crippen LogP contribution in [0.4, 0.5) is 18.9 Å². The molecule has 0 saturated heterocycles. The average Bonchev–Trinajstić information content (AvgIpc) is 2.52. The van der Waals surface area contributed by atoms with Gasteiger partial charge in [0.2, 0.25) is 0 Å². The van der Waals surface area contributed by atoms with Gasteiger partial charge in [-0.25, -0.2) is 0 Å². The minimum Gasteiger partial charge on any atom is -0.362 e. The van der Waals surface area contributed by atoms with Gasteiger partial charge in [-0.1, -0.05) is 36.4 Å². The van der Waals surface area contributed by atoms with E-state index >= 15 is 0 Å². The molecule has 23 heavy (non-hydrogen) atoms. The summed E-state index contributed by atoms with van der Waals surface area (Å²) >= 11 is 5.10. The monoisotopic (exact) mass is 338 g/mol. The lowest BCUT2D eigenvalue weighted by molar-refractivity contribution is -0.137. The molecule has 0 aromatic heterocycles. The maximum absolute atomic E-state index is 12.6. The number of thiocarbonyl (C=S) groups is 1. The molecule has 2 aromatic carbocycles. The summed E-state index contributed by atoms with van der Waals surface area (Å²) in [5.41, 5.74) is 0.862. The standard InChI is InChI=1S/C17H17F3N2S/c18-17(19,20)14-9-4-10-15(12-14)22-16(23)21-11-5-8-13-6-2-1-3-7-13/h1-4,6-7,9-10,12H,5,8,11H2,(H2,21,22,23). The Hall–Kier alpha value is -2.08. The smallest absolute Gasteiger partial charge is 0.362 e. The van der Waals surface area contributed by atoms with E-state index in [2.05, 4.69) is 22.8 Å². The predicted molar refractivity (Wildman–Crippen MR) is 90.4 cm³/mol. The zero-order valence-electron chi connectivity index (χ0n) is 12.4. The van der Waals surface area contributed by atoms with Crippen LogP contribution in [0.5, 0.6) is 0 Å². The van der Waals surface area contributed by atoms with Gasteiger partial charge in [-0.2, -0.15) is 13.2 Å². The molecule has 0 radical (unpaired) electrons. The largest absolute Gasteiger partial charge is 0.416 e. The fraction of sp³-hybridized carbons (Fsp3) is 0.235. The fourth-order valence-corrected chi connectivity index (χ4v) is 2.31. The van der Waals surface area contributed by atoms with E-state index in [0.717, 1.165) is 25.0 Å². The number of rotatable bonds is 5. The maximum atomic E-state index is 12.6. The van der Waals surface area contributed by atoms with Gasteiger partial charge in [0.05, 0.1) is 5.56 Å². The molecular formula is C17H17F3N2S. The minimum atomic E-state index is -4.36. The molecule has 0 aliphatic heterocycles. The van der Waals surface area contributed by atoms with Gasteiger partial charge in [0.25, 0.3) is 0 Å². The third-order valence-electron chi connectivity index (χ3n) is 3.22. The van der Waals surface area contributed by atoms with Crippen molar-refractivity contribution in [2.45, 2.75) is 19.0 Å². The summed E-state index contributed by atoms with van der Waals surface area (Å²) in [5, 5.41) is 6.09. The van der Waals surface area contributed by atoms with Crippen molar-refractivity contribution in [2.24, 2.45) is 0 Å². The zero-order chi connectivity index (χ0) is 16.7. The summed E-state index contributed by atoms with van der Waals surface area (Å²) in [6, 6.07) is 15.0. The molecule has 122 valence electrons. The maximum Gasteiger partial charge on any atom is 0.416 e. The van der Waals surface area contributed by atoms with Crippen LogP contribution < -0.4 is 10.6 Å². The normalized spacial score (nSPS) is 11.1. The van der Waals surface area contributed by atoms with Crippen LogP contribution in [0.1, 0.15) is 17.5 Å². The molecule has 0 amide bonds. The quantitative estimate of drug-likeness (QED) is 0.614. The number of hydrogen-bond donors (Lipinski definition) is 2. The van der Waals surface area contributed by atoms with Crippen molar-refractivity contribution in [2.75, 3.05) is 11.9 Å². The molecule has 2 rings (SSSR count). The Labute approximate surface area is 138 Å². The van der Waals surface area contributed by atoms with Gasteiger partial charge in [0, 0.05) is 12.2 Å². The van der Waals surface area contributed by atoms with Crippen LogP contribution in [0.25, 0.3) is 0 Å². The lowest BCUT2D eigenvalue weighted by atomic mass is 10.1. The number of anilines is 1. The molecule has 0 aliphatic carbocycles. The molecule has 0 aliphatic rings. The first-order valence-electron chi connectivity index (χ1n) is 7.21. The van der Waals surface area contributed by atoms with Crippen molar-refractivity contribution in [1.29, 1.82) is 0 Å². The lowest BCUT2D eigenvalue weighted by Gasteiger charge is -2.12. The van der Waals surface area contributed by atoms with Crippen LogP contribution >= 0.6 is 12.2 Å². The van der Waals surface area contributed by atoms with Crippen LogP contribution in [-0.4, -0.2) is 11.7 Å². The van der Waals surface area contributed by atoms with Crippen molar-refractivity contribution in [1.82, 2.24) is 5.32 Å². The first-order valence-corrected chi connectivity index (χ1v) is 7.62. The summed E-state index contributed by atoms with van der Waals surface area (Å²) in [6.45, 7) is 0.652. The van der Waals surface area contributed by atoms with Crippen molar-refractivity contribution in [3.63, 3.8) is 0 Å². The van der Waals surface area contributed by atoms with E-state index in [-0.39, 0.29) is 0 Å². The number of aryl methyl sites for hydroxylation is 1. The van der Waals surface area contributed by atoms with Crippen molar-refractivity contribution in [3.05, 3.63) is 65.7 Å². The van der Waals surface area contributed by atoms with E-state index in [1.54, 1.807) is 6.07 Å². The summed E-state index contributed by atoms with van der Waals surface area (Å²) in [4.78, 5) is 0. The molecule has 0 unspecified atom stereocenters. The van der Waals surface area contributed by atoms with Crippen molar-refractivity contribution >= 4 is 23.0 Å². The van der Waals surface area contributed by atoms with Crippen molar-refractivity contribution in [3.8, 4) is 0 Å². The van der Waals surface area contributed by atoms with E-state index in [4.69, 9.17) is 12.2 Å². The predicted octanol–water partition coefficient (Wildman–Crippen LogP) is 4.62. The first kappa shape index (κ1) is 17.3. The third kappa shape index (κ3) is 5.90. The summed E-state index contributed by atoms with van der Waals surface area (Å²) in [5.74, 6) is 0. The topological polar surface area (TPSA) is 24.1 Å². The van der Waals surface area contributed by atoms with Crippen LogP contribution in [0.2, 0.25) is 0 Å². The number of nitrogens with one attached hydrogen (secondary N) is 2. The number of benzene rings is 2. The van der Waals surface area contributed by atoms with Crippen LogP contribution in [0.15, 0.2) is 54.6 Å². The highest BCUT2D eigenvalue weighted by atomic mass is 32.1.